The molecule has 0 atom stereocenters. The van der Waals surface area contributed by atoms with Gasteiger partial charge in [0.15, 0.2) is 5.03 Å². The highest BCUT2D eigenvalue weighted by atomic mass is 32.2. The van der Waals surface area contributed by atoms with Gasteiger partial charge in [0.25, 0.3) is 10.0 Å². The first-order chi connectivity index (χ1) is 9.12. The number of H-pyrrole nitrogens is 1. The second kappa shape index (κ2) is 5.96. The summed E-state index contributed by atoms with van der Waals surface area (Å²) in [5.74, 6) is 0.614. The number of nitrogens with zero attached hydrogens (tertiary/aromatic N) is 1. The van der Waals surface area contributed by atoms with E-state index in [1.807, 2.05) is 37.3 Å². The van der Waals surface area contributed by atoms with Crippen LogP contribution in [0.5, 0.6) is 0 Å². The lowest BCUT2D eigenvalue weighted by atomic mass is 10.2. The van der Waals surface area contributed by atoms with E-state index in [1.54, 1.807) is 0 Å². The molecular weight excluding hydrogens is 266 g/mol. The third-order valence-corrected chi connectivity index (χ3v) is 3.60. The average Bonchev–Trinajstić information content (AvgIpc) is 2.89. The van der Waals surface area contributed by atoms with Gasteiger partial charge in [0.05, 0.1) is 12.8 Å². The maximum atomic E-state index is 11.8. The molecule has 0 spiro atoms. The SMILES string of the molecule is CCc1ncc(S(=O)(=O)NOCc2ccccc2)[nH]1. The van der Waals surface area contributed by atoms with E-state index in [-0.39, 0.29) is 11.6 Å². The summed E-state index contributed by atoms with van der Waals surface area (Å²) in [4.78, 5) is 13.7. The lowest BCUT2D eigenvalue weighted by Gasteiger charge is -2.05. The molecule has 0 bridgehead atoms. The number of benzene rings is 1. The summed E-state index contributed by atoms with van der Waals surface area (Å²) in [6.45, 7) is 2.05. The number of aromatic amines is 1. The summed E-state index contributed by atoms with van der Waals surface area (Å²) in [7, 11) is -3.71. The third-order valence-electron chi connectivity index (χ3n) is 2.48. The molecule has 0 saturated carbocycles. The van der Waals surface area contributed by atoms with Gasteiger partial charge in [-0.2, -0.15) is 0 Å². The van der Waals surface area contributed by atoms with E-state index in [0.29, 0.717) is 12.2 Å². The first kappa shape index (κ1) is 13.7. The van der Waals surface area contributed by atoms with Crippen molar-refractivity contribution in [3.63, 3.8) is 0 Å². The van der Waals surface area contributed by atoms with Crippen LogP contribution in [0.3, 0.4) is 0 Å². The lowest BCUT2D eigenvalue weighted by Crippen LogP contribution is -2.24. The topological polar surface area (TPSA) is 84.1 Å². The van der Waals surface area contributed by atoms with Crippen LogP contribution < -0.4 is 4.89 Å². The molecule has 0 aliphatic carbocycles. The van der Waals surface area contributed by atoms with Gasteiger partial charge >= 0.3 is 0 Å². The van der Waals surface area contributed by atoms with Crippen molar-refractivity contribution >= 4 is 10.0 Å². The first-order valence-electron chi connectivity index (χ1n) is 5.83. The maximum absolute atomic E-state index is 11.8. The monoisotopic (exact) mass is 281 g/mol. The van der Waals surface area contributed by atoms with Gasteiger partial charge in [-0.1, -0.05) is 42.1 Å². The number of hydrogen-bond acceptors (Lipinski definition) is 4. The Morgan fingerprint density at radius 3 is 2.68 bits per heavy atom. The van der Waals surface area contributed by atoms with Crippen molar-refractivity contribution in [1.29, 1.82) is 0 Å². The van der Waals surface area contributed by atoms with Crippen molar-refractivity contribution in [2.24, 2.45) is 0 Å². The lowest BCUT2D eigenvalue weighted by molar-refractivity contribution is 0.0793. The molecule has 2 N–H and O–H groups in total. The molecule has 2 aromatic rings. The van der Waals surface area contributed by atoms with E-state index >= 15 is 0 Å². The highest BCUT2D eigenvalue weighted by Gasteiger charge is 2.16. The normalized spacial score (nSPS) is 11.6. The Bertz CT molecular complexity index is 623. The first-order valence-corrected chi connectivity index (χ1v) is 7.31. The predicted octanol–water partition coefficient (Wildman–Crippen LogP) is 1.38. The Hall–Kier alpha value is -1.70. The van der Waals surface area contributed by atoms with Crippen LogP contribution >= 0.6 is 0 Å². The van der Waals surface area contributed by atoms with Crippen molar-refractivity contribution < 1.29 is 13.3 Å². The fraction of sp³-hybridized carbons (Fsp3) is 0.250. The third kappa shape index (κ3) is 3.63. The fourth-order valence-corrected chi connectivity index (χ4v) is 2.22. The quantitative estimate of drug-likeness (QED) is 0.783. The Labute approximate surface area is 111 Å². The Balaban J connectivity index is 1.94. The standard InChI is InChI=1S/C12H15N3O3S/c1-2-11-13-8-12(14-11)19(16,17)15-18-9-10-6-4-3-5-7-10/h3-8,15H,2,9H2,1H3,(H,13,14). The Morgan fingerprint density at radius 2 is 2.05 bits per heavy atom. The summed E-state index contributed by atoms with van der Waals surface area (Å²) < 4.78 is 23.7. The molecule has 0 fully saturated rings. The molecule has 0 saturated heterocycles. The smallest absolute Gasteiger partial charge is 0.279 e. The number of imidazole rings is 1. The second-order valence-corrected chi connectivity index (χ2v) is 5.52. The fourth-order valence-electron chi connectivity index (χ4n) is 1.47. The number of nitrogens with one attached hydrogen (secondary N) is 2. The molecule has 0 unspecified atom stereocenters. The van der Waals surface area contributed by atoms with Crippen LogP contribution in [-0.2, 0) is 27.9 Å². The van der Waals surface area contributed by atoms with Crippen LogP contribution in [0.4, 0.5) is 0 Å². The van der Waals surface area contributed by atoms with Gasteiger partial charge < -0.3 is 4.98 Å². The Kier molecular flexibility index (Phi) is 4.31. The molecule has 0 amide bonds. The summed E-state index contributed by atoms with van der Waals surface area (Å²) >= 11 is 0. The molecule has 1 aromatic carbocycles. The molecule has 6 nitrogen and oxygen atoms in total. The van der Waals surface area contributed by atoms with Crippen LogP contribution in [0.25, 0.3) is 0 Å². The number of hydrogen-bond donors (Lipinski definition) is 2. The number of aryl methyl sites for hydroxylation is 1. The van der Waals surface area contributed by atoms with Gasteiger partial charge in [0, 0.05) is 6.42 Å². The van der Waals surface area contributed by atoms with Gasteiger partial charge in [-0.05, 0) is 5.56 Å². The van der Waals surface area contributed by atoms with Crippen LogP contribution in [-0.4, -0.2) is 18.4 Å². The van der Waals surface area contributed by atoms with Gasteiger partial charge in [-0.3, -0.25) is 4.84 Å². The van der Waals surface area contributed by atoms with Crippen molar-refractivity contribution in [3.8, 4) is 0 Å². The van der Waals surface area contributed by atoms with E-state index in [4.69, 9.17) is 4.84 Å². The van der Waals surface area contributed by atoms with Crippen molar-refractivity contribution in [2.45, 2.75) is 25.0 Å². The summed E-state index contributed by atoms with van der Waals surface area (Å²) in [5.41, 5.74) is 0.879. The zero-order chi connectivity index (χ0) is 13.7. The molecule has 7 heteroatoms. The molecule has 0 radical (unpaired) electrons. The minimum Gasteiger partial charge on any atom is -0.332 e. The van der Waals surface area contributed by atoms with E-state index < -0.39 is 10.0 Å². The van der Waals surface area contributed by atoms with Crippen molar-refractivity contribution in [3.05, 3.63) is 47.9 Å². The summed E-state index contributed by atoms with van der Waals surface area (Å²) in [6, 6.07) is 9.29. The summed E-state index contributed by atoms with van der Waals surface area (Å²) in [6.07, 6.45) is 1.91. The molecule has 1 aromatic heterocycles. The average molecular weight is 281 g/mol. The summed E-state index contributed by atoms with van der Waals surface area (Å²) in [5, 5.41) is -0.00240. The van der Waals surface area contributed by atoms with E-state index in [1.165, 1.54) is 6.20 Å². The minimum absolute atomic E-state index is 0.00240. The molecule has 102 valence electrons. The minimum atomic E-state index is -3.71. The molecule has 1 heterocycles. The van der Waals surface area contributed by atoms with E-state index in [2.05, 4.69) is 14.9 Å². The van der Waals surface area contributed by atoms with Crippen molar-refractivity contribution in [1.82, 2.24) is 14.9 Å². The predicted molar refractivity (Wildman–Crippen MR) is 69.5 cm³/mol. The van der Waals surface area contributed by atoms with Gasteiger partial charge in [-0.15, -0.1) is 0 Å². The highest BCUT2D eigenvalue weighted by Crippen LogP contribution is 2.06. The maximum Gasteiger partial charge on any atom is 0.279 e. The largest absolute Gasteiger partial charge is 0.332 e. The molecule has 0 aliphatic heterocycles. The number of sulfonamides is 1. The van der Waals surface area contributed by atoms with Crippen LogP contribution in [0.1, 0.15) is 18.3 Å². The zero-order valence-corrected chi connectivity index (χ0v) is 11.3. The van der Waals surface area contributed by atoms with Crippen LogP contribution in [0.15, 0.2) is 41.6 Å². The highest BCUT2D eigenvalue weighted by molar-refractivity contribution is 7.89. The molecule has 0 aliphatic rings. The van der Waals surface area contributed by atoms with Gasteiger partial charge in [0.1, 0.15) is 5.82 Å². The van der Waals surface area contributed by atoms with Crippen LogP contribution in [0, 0.1) is 0 Å². The van der Waals surface area contributed by atoms with E-state index in [9.17, 15) is 8.42 Å². The van der Waals surface area contributed by atoms with E-state index in [0.717, 1.165) is 5.56 Å². The zero-order valence-electron chi connectivity index (χ0n) is 10.5. The van der Waals surface area contributed by atoms with Crippen molar-refractivity contribution in [2.75, 3.05) is 0 Å². The van der Waals surface area contributed by atoms with Gasteiger partial charge in [0.2, 0.25) is 0 Å². The Morgan fingerprint density at radius 1 is 1.32 bits per heavy atom. The second-order valence-electron chi connectivity index (χ2n) is 3.91. The van der Waals surface area contributed by atoms with Crippen LogP contribution in [0.2, 0.25) is 0 Å². The molecule has 19 heavy (non-hydrogen) atoms. The molecular formula is C12H15N3O3S. The number of aromatic nitrogens is 2. The van der Waals surface area contributed by atoms with Gasteiger partial charge in [-0.25, -0.2) is 13.4 Å². The number of rotatable bonds is 6. The molecule has 2 rings (SSSR count).